The van der Waals surface area contributed by atoms with Crippen molar-refractivity contribution < 1.29 is 9.63 Å². The van der Waals surface area contributed by atoms with Gasteiger partial charge in [-0.25, -0.2) is 0 Å². The van der Waals surface area contributed by atoms with E-state index in [9.17, 15) is 5.21 Å². The number of hydrogen-bond acceptors (Lipinski definition) is 3. The van der Waals surface area contributed by atoms with E-state index in [4.69, 9.17) is 4.43 Å². The molecule has 4 rings (SSSR count). The Hall–Kier alpha value is -2.24. The van der Waals surface area contributed by atoms with Gasteiger partial charge in [0, 0.05) is 6.54 Å². The Morgan fingerprint density at radius 3 is 1.77 bits per heavy atom. The molecule has 0 bridgehead atoms. The van der Waals surface area contributed by atoms with Gasteiger partial charge >= 0.3 is 0 Å². The van der Waals surface area contributed by atoms with Gasteiger partial charge in [-0.15, -0.1) is 0 Å². The largest absolute Gasteiger partial charge is 0.402 e. The van der Waals surface area contributed by atoms with Crippen LogP contribution in [0.4, 0.5) is 0 Å². The van der Waals surface area contributed by atoms with E-state index in [-0.39, 0.29) is 17.2 Å². The molecule has 2 atom stereocenters. The Kier molecular flexibility index (Phi) is 6.44. The summed E-state index contributed by atoms with van der Waals surface area (Å²) in [6.45, 7) is 7.57. The molecule has 4 heteroatoms. The Labute approximate surface area is 187 Å². The predicted octanol–water partition coefficient (Wildman–Crippen LogP) is 5.16. The molecule has 0 unspecified atom stereocenters. The number of hydroxylamine groups is 2. The number of hydrogen-bond donors (Lipinski definition) is 1. The van der Waals surface area contributed by atoms with Crippen LogP contribution in [-0.4, -0.2) is 31.2 Å². The molecule has 1 aliphatic rings. The SMILES string of the molecule is CC(C)(C)[Si](O[C@H]1CCCN(O)[C@@H]1c1ccccc1)(c1ccccc1)c1ccccc1. The van der Waals surface area contributed by atoms with Gasteiger partial charge < -0.3 is 9.63 Å². The predicted molar refractivity (Wildman–Crippen MR) is 129 cm³/mol. The fourth-order valence-corrected chi connectivity index (χ4v) is 9.74. The smallest absolute Gasteiger partial charge is 0.261 e. The van der Waals surface area contributed by atoms with Crippen LogP contribution in [-0.2, 0) is 4.43 Å². The highest BCUT2D eigenvalue weighted by Crippen LogP contribution is 2.41. The van der Waals surface area contributed by atoms with Gasteiger partial charge in [0.2, 0.25) is 0 Å². The maximum absolute atomic E-state index is 10.9. The molecule has 162 valence electrons. The van der Waals surface area contributed by atoms with Crippen LogP contribution in [0.5, 0.6) is 0 Å². The van der Waals surface area contributed by atoms with Gasteiger partial charge in [0.1, 0.15) is 0 Å². The van der Waals surface area contributed by atoms with Gasteiger partial charge in [-0.2, -0.15) is 5.06 Å². The minimum absolute atomic E-state index is 0.0886. The van der Waals surface area contributed by atoms with E-state index in [1.807, 2.05) is 18.2 Å². The first kappa shape index (κ1) is 22.0. The van der Waals surface area contributed by atoms with Crippen LogP contribution in [0.2, 0.25) is 5.04 Å². The van der Waals surface area contributed by atoms with Crippen molar-refractivity contribution in [1.82, 2.24) is 5.06 Å². The van der Waals surface area contributed by atoms with Gasteiger partial charge in [0.25, 0.3) is 8.32 Å². The first-order valence-corrected chi connectivity index (χ1v) is 13.1. The Balaban J connectivity index is 1.86. The number of rotatable bonds is 5. The maximum Gasteiger partial charge on any atom is 0.261 e. The zero-order valence-corrected chi connectivity index (χ0v) is 19.7. The standard InChI is InChI=1S/C27H33NO2Si/c1-27(2,3)31(23-16-9-5-10-17-23,24-18-11-6-12-19-24)30-25-20-13-21-28(29)26(25)22-14-7-4-8-15-22/h4-12,14-19,25-26,29H,13,20-21H2,1-3H3/t25-,26+/m0/s1. The lowest BCUT2D eigenvalue weighted by atomic mass is 9.94. The lowest BCUT2D eigenvalue weighted by molar-refractivity contribution is -0.173. The fourth-order valence-electron chi connectivity index (χ4n) is 5.02. The molecule has 0 saturated carbocycles. The van der Waals surface area contributed by atoms with Crippen molar-refractivity contribution >= 4 is 18.7 Å². The zero-order valence-electron chi connectivity index (χ0n) is 18.7. The second kappa shape index (κ2) is 9.09. The monoisotopic (exact) mass is 431 g/mol. The van der Waals surface area contributed by atoms with E-state index >= 15 is 0 Å². The van der Waals surface area contributed by atoms with E-state index in [0.29, 0.717) is 6.54 Å². The molecular weight excluding hydrogens is 398 g/mol. The molecule has 1 fully saturated rings. The maximum atomic E-state index is 10.9. The van der Waals surface area contributed by atoms with Crippen molar-refractivity contribution in [2.75, 3.05) is 6.54 Å². The fraction of sp³-hybridized carbons (Fsp3) is 0.333. The van der Waals surface area contributed by atoms with Gasteiger partial charge in [-0.1, -0.05) is 112 Å². The van der Waals surface area contributed by atoms with E-state index in [1.54, 1.807) is 0 Å². The number of piperidine rings is 1. The highest BCUT2D eigenvalue weighted by atomic mass is 28.4. The normalized spacial score (nSPS) is 20.5. The summed E-state index contributed by atoms with van der Waals surface area (Å²) in [6.07, 6.45) is 1.76. The second-order valence-corrected chi connectivity index (χ2v) is 13.7. The summed E-state index contributed by atoms with van der Waals surface area (Å²) >= 11 is 0. The molecule has 3 aromatic carbocycles. The summed E-state index contributed by atoms with van der Waals surface area (Å²) < 4.78 is 7.39. The average molecular weight is 432 g/mol. The minimum Gasteiger partial charge on any atom is -0.402 e. The highest BCUT2D eigenvalue weighted by Gasteiger charge is 2.53. The van der Waals surface area contributed by atoms with Gasteiger partial charge in [-0.05, 0) is 33.8 Å². The molecule has 1 aliphatic heterocycles. The van der Waals surface area contributed by atoms with Crippen LogP contribution in [0.25, 0.3) is 0 Å². The highest BCUT2D eigenvalue weighted by molar-refractivity contribution is 6.99. The van der Waals surface area contributed by atoms with Gasteiger partial charge in [0.15, 0.2) is 0 Å². The second-order valence-electron chi connectivity index (χ2n) is 9.48. The first-order valence-electron chi connectivity index (χ1n) is 11.2. The van der Waals surface area contributed by atoms with Crippen LogP contribution >= 0.6 is 0 Å². The summed E-state index contributed by atoms with van der Waals surface area (Å²) in [7, 11) is -2.68. The molecule has 3 nitrogen and oxygen atoms in total. The third-order valence-corrected chi connectivity index (χ3v) is 11.5. The topological polar surface area (TPSA) is 32.7 Å². The molecule has 31 heavy (non-hydrogen) atoms. The molecule has 1 heterocycles. The minimum atomic E-state index is -2.68. The van der Waals surface area contributed by atoms with Crippen LogP contribution in [0.1, 0.15) is 45.2 Å². The van der Waals surface area contributed by atoms with Crippen molar-refractivity contribution in [3.8, 4) is 0 Å². The van der Waals surface area contributed by atoms with Crippen LogP contribution in [0.3, 0.4) is 0 Å². The van der Waals surface area contributed by atoms with E-state index < -0.39 is 8.32 Å². The number of benzene rings is 3. The summed E-state index contributed by atoms with van der Waals surface area (Å²) in [5.41, 5.74) is 1.10. The van der Waals surface area contributed by atoms with Crippen molar-refractivity contribution in [2.45, 2.75) is 50.8 Å². The van der Waals surface area contributed by atoms with Crippen molar-refractivity contribution in [3.05, 3.63) is 96.6 Å². The van der Waals surface area contributed by atoms with Crippen molar-refractivity contribution in [3.63, 3.8) is 0 Å². The van der Waals surface area contributed by atoms with Crippen LogP contribution < -0.4 is 10.4 Å². The van der Waals surface area contributed by atoms with E-state index in [0.717, 1.165) is 18.4 Å². The molecule has 1 N–H and O–H groups in total. The third-order valence-electron chi connectivity index (χ3n) is 6.44. The van der Waals surface area contributed by atoms with Gasteiger partial charge in [0.05, 0.1) is 12.1 Å². The van der Waals surface area contributed by atoms with E-state index in [2.05, 4.69) is 93.6 Å². The average Bonchev–Trinajstić information content (AvgIpc) is 2.78. The lowest BCUT2D eigenvalue weighted by Gasteiger charge is -2.48. The quantitative estimate of drug-likeness (QED) is 0.567. The molecule has 0 aromatic heterocycles. The lowest BCUT2D eigenvalue weighted by Crippen LogP contribution is -2.68. The van der Waals surface area contributed by atoms with Gasteiger partial charge in [-0.3, -0.25) is 0 Å². The molecule has 0 spiro atoms. The van der Waals surface area contributed by atoms with Crippen LogP contribution in [0, 0.1) is 0 Å². The van der Waals surface area contributed by atoms with Crippen molar-refractivity contribution in [1.29, 1.82) is 0 Å². The summed E-state index contributed by atoms with van der Waals surface area (Å²) in [5.74, 6) is 0. The molecule has 0 radical (unpaired) electrons. The summed E-state index contributed by atoms with van der Waals surface area (Å²) in [4.78, 5) is 0. The summed E-state index contributed by atoms with van der Waals surface area (Å²) in [5, 5.41) is 14.8. The Morgan fingerprint density at radius 2 is 1.29 bits per heavy atom. The molecule has 0 amide bonds. The molecular formula is C27H33NO2Si. The Bertz CT molecular complexity index is 917. The molecule has 3 aromatic rings. The van der Waals surface area contributed by atoms with Crippen molar-refractivity contribution in [2.24, 2.45) is 0 Å². The summed E-state index contributed by atoms with van der Waals surface area (Å²) in [6, 6.07) is 31.6. The zero-order chi connectivity index (χ0) is 21.9. The van der Waals surface area contributed by atoms with E-state index in [1.165, 1.54) is 15.4 Å². The number of nitrogens with zero attached hydrogens (tertiary/aromatic N) is 1. The first-order chi connectivity index (χ1) is 14.9. The molecule has 1 saturated heterocycles. The molecule has 0 aliphatic carbocycles. The third kappa shape index (κ3) is 4.26. The Morgan fingerprint density at radius 1 is 0.806 bits per heavy atom. The van der Waals surface area contributed by atoms with Crippen LogP contribution in [0.15, 0.2) is 91.0 Å².